The zero-order valence-electron chi connectivity index (χ0n) is 8.99. The van der Waals surface area contributed by atoms with Gasteiger partial charge in [0.25, 0.3) is 11.6 Å². The molecular weight excluding hydrogens is 240 g/mol. The number of hydrogen-bond acceptors (Lipinski definition) is 5. The van der Waals surface area contributed by atoms with Crippen molar-refractivity contribution in [2.75, 3.05) is 5.32 Å². The molecule has 18 heavy (non-hydrogen) atoms. The number of nitro groups is 1. The van der Waals surface area contributed by atoms with E-state index in [4.69, 9.17) is 4.42 Å². The van der Waals surface area contributed by atoms with Gasteiger partial charge in [-0.05, 0) is 12.1 Å². The minimum Gasteiger partial charge on any atom is -0.506 e. The van der Waals surface area contributed by atoms with Crippen LogP contribution in [0.25, 0.3) is 0 Å². The molecule has 2 rings (SSSR count). The van der Waals surface area contributed by atoms with Gasteiger partial charge in [-0.25, -0.2) is 0 Å². The van der Waals surface area contributed by atoms with Crippen LogP contribution in [0, 0.1) is 10.1 Å². The highest BCUT2D eigenvalue weighted by molar-refractivity contribution is 6.04. The van der Waals surface area contributed by atoms with E-state index >= 15 is 0 Å². The Morgan fingerprint density at radius 2 is 2.17 bits per heavy atom. The van der Waals surface area contributed by atoms with Crippen molar-refractivity contribution in [1.29, 1.82) is 0 Å². The van der Waals surface area contributed by atoms with Crippen molar-refractivity contribution >= 4 is 17.3 Å². The average molecular weight is 248 g/mol. The molecule has 0 spiro atoms. The predicted octanol–water partition coefficient (Wildman–Crippen LogP) is 2.15. The first-order valence-electron chi connectivity index (χ1n) is 4.89. The summed E-state index contributed by atoms with van der Waals surface area (Å²) in [5, 5.41) is 22.4. The number of carbonyl (C=O) groups is 1. The summed E-state index contributed by atoms with van der Waals surface area (Å²) in [5.41, 5.74) is 0.119. The summed E-state index contributed by atoms with van der Waals surface area (Å²) in [6.07, 6.45) is 2.59. The van der Waals surface area contributed by atoms with Crippen LogP contribution in [0.2, 0.25) is 0 Å². The van der Waals surface area contributed by atoms with Crippen LogP contribution in [0.5, 0.6) is 5.75 Å². The number of carbonyl (C=O) groups excluding carboxylic acids is 1. The molecule has 1 amide bonds. The Morgan fingerprint density at radius 1 is 1.39 bits per heavy atom. The van der Waals surface area contributed by atoms with Gasteiger partial charge in [0.05, 0.1) is 28.5 Å². The first kappa shape index (κ1) is 11.6. The van der Waals surface area contributed by atoms with Gasteiger partial charge in [-0.1, -0.05) is 0 Å². The van der Waals surface area contributed by atoms with Crippen molar-refractivity contribution in [2.45, 2.75) is 0 Å². The fraction of sp³-hybridized carbons (Fsp3) is 0. The van der Waals surface area contributed by atoms with Crippen LogP contribution in [-0.4, -0.2) is 15.9 Å². The predicted molar refractivity (Wildman–Crippen MR) is 61.4 cm³/mol. The van der Waals surface area contributed by atoms with Crippen LogP contribution in [0.3, 0.4) is 0 Å². The number of furan rings is 1. The summed E-state index contributed by atoms with van der Waals surface area (Å²) < 4.78 is 4.74. The van der Waals surface area contributed by atoms with Crippen LogP contribution in [-0.2, 0) is 0 Å². The minimum atomic E-state index is -0.638. The van der Waals surface area contributed by atoms with Crippen molar-refractivity contribution < 1.29 is 19.2 Å². The van der Waals surface area contributed by atoms with Crippen molar-refractivity contribution in [2.24, 2.45) is 0 Å². The smallest absolute Gasteiger partial charge is 0.273 e. The SMILES string of the molecule is O=C(Nc1ccc([N+](=O)[O-])cc1O)c1ccoc1. The fourth-order valence-electron chi connectivity index (χ4n) is 1.33. The third kappa shape index (κ3) is 2.29. The van der Waals surface area contributed by atoms with Gasteiger partial charge in [0.1, 0.15) is 12.0 Å². The van der Waals surface area contributed by atoms with E-state index in [1.165, 1.54) is 30.7 Å². The van der Waals surface area contributed by atoms with E-state index in [0.717, 1.165) is 6.07 Å². The van der Waals surface area contributed by atoms with Gasteiger partial charge >= 0.3 is 0 Å². The van der Waals surface area contributed by atoms with Crippen LogP contribution >= 0.6 is 0 Å². The number of aromatic hydroxyl groups is 1. The average Bonchev–Trinajstić information content (AvgIpc) is 2.85. The number of nitrogens with zero attached hydrogens (tertiary/aromatic N) is 1. The Bertz CT molecular complexity index is 591. The molecule has 0 bridgehead atoms. The Hall–Kier alpha value is -2.83. The van der Waals surface area contributed by atoms with Crippen LogP contribution < -0.4 is 5.32 Å². The molecule has 7 nitrogen and oxygen atoms in total. The number of nitrogens with one attached hydrogen (secondary N) is 1. The third-order valence-electron chi connectivity index (χ3n) is 2.22. The quantitative estimate of drug-likeness (QED) is 0.491. The Morgan fingerprint density at radius 3 is 2.72 bits per heavy atom. The maximum atomic E-state index is 11.6. The second-order valence-corrected chi connectivity index (χ2v) is 3.42. The summed E-state index contributed by atoms with van der Waals surface area (Å²) in [7, 11) is 0. The number of non-ortho nitro benzene ring substituents is 1. The highest BCUT2D eigenvalue weighted by Gasteiger charge is 2.13. The first-order valence-corrected chi connectivity index (χ1v) is 4.89. The Balaban J connectivity index is 2.20. The molecule has 1 aromatic carbocycles. The minimum absolute atomic E-state index is 0.0896. The van der Waals surface area contributed by atoms with E-state index in [9.17, 15) is 20.0 Å². The van der Waals surface area contributed by atoms with Crippen molar-refractivity contribution in [3.63, 3.8) is 0 Å². The number of benzene rings is 1. The molecule has 2 N–H and O–H groups in total. The van der Waals surface area contributed by atoms with E-state index in [2.05, 4.69) is 5.32 Å². The van der Waals surface area contributed by atoms with Crippen molar-refractivity contribution in [3.05, 3.63) is 52.5 Å². The zero-order chi connectivity index (χ0) is 13.1. The summed E-state index contributed by atoms with van der Waals surface area (Å²) in [4.78, 5) is 21.5. The lowest BCUT2D eigenvalue weighted by atomic mass is 10.2. The van der Waals surface area contributed by atoms with Gasteiger partial charge in [-0.2, -0.15) is 0 Å². The molecule has 0 aliphatic carbocycles. The van der Waals surface area contributed by atoms with E-state index in [1.807, 2.05) is 0 Å². The second-order valence-electron chi connectivity index (χ2n) is 3.42. The molecule has 0 aliphatic rings. The van der Waals surface area contributed by atoms with Crippen LogP contribution in [0.1, 0.15) is 10.4 Å². The molecule has 0 radical (unpaired) electrons. The lowest BCUT2D eigenvalue weighted by Gasteiger charge is -2.05. The summed E-state index contributed by atoms with van der Waals surface area (Å²) in [5.74, 6) is -0.853. The standard InChI is InChI=1S/C11H8N2O5/c14-10-5-8(13(16)17)1-2-9(10)12-11(15)7-3-4-18-6-7/h1-6,14H,(H,12,15). The molecule has 2 aromatic rings. The summed E-state index contributed by atoms with van der Waals surface area (Å²) in [6, 6.07) is 4.86. The van der Waals surface area contributed by atoms with E-state index in [-0.39, 0.29) is 22.7 Å². The monoisotopic (exact) mass is 248 g/mol. The maximum absolute atomic E-state index is 11.6. The molecule has 7 heteroatoms. The van der Waals surface area contributed by atoms with E-state index in [1.54, 1.807) is 0 Å². The summed E-state index contributed by atoms with van der Waals surface area (Å²) in [6.45, 7) is 0. The van der Waals surface area contributed by atoms with Crippen molar-refractivity contribution in [1.82, 2.24) is 0 Å². The van der Waals surface area contributed by atoms with Gasteiger partial charge in [-0.3, -0.25) is 14.9 Å². The number of anilines is 1. The lowest BCUT2D eigenvalue weighted by molar-refractivity contribution is -0.384. The lowest BCUT2D eigenvalue weighted by Crippen LogP contribution is -2.10. The molecule has 1 heterocycles. The van der Waals surface area contributed by atoms with Gasteiger partial charge in [0.2, 0.25) is 0 Å². The molecular formula is C11H8N2O5. The van der Waals surface area contributed by atoms with Gasteiger partial charge in [-0.15, -0.1) is 0 Å². The molecule has 92 valence electrons. The molecule has 0 saturated heterocycles. The highest BCUT2D eigenvalue weighted by Crippen LogP contribution is 2.28. The molecule has 0 atom stereocenters. The van der Waals surface area contributed by atoms with Gasteiger partial charge in [0, 0.05) is 6.07 Å². The van der Waals surface area contributed by atoms with Crippen LogP contribution in [0.15, 0.2) is 41.2 Å². The number of rotatable bonds is 3. The van der Waals surface area contributed by atoms with Gasteiger partial charge in [0.15, 0.2) is 0 Å². The Kier molecular flexibility index (Phi) is 2.96. The number of nitro benzene ring substituents is 1. The van der Waals surface area contributed by atoms with E-state index in [0.29, 0.717) is 0 Å². The number of hydrogen-bond donors (Lipinski definition) is 2. The second kappa shape index (κ2) is 4.58. The zero-order valence-corrected chi connectivity index (χ0v) is 8.99. The molecule has 0 aliphatic heterocycles. The van der Waals surface area contributed by atoms with Crippen LogP contribution in [0.4, 0.5) is 11.4 Å². The molecule has 0 fully saturated rings. The van der Waals surface area contributed by atoms with Crippen molar-refractivity contribution in [3.8, 4) is 5.75 Å². The number of amides is 1. The number of phenols is 1. The Labute approximate surface area is 101 Å². The van der Waals surface area contributed by atoms with E-state index < -0.39 is 10.8 Å². The normalized spacial score (nSPS) is 10.0. The molecule has 0 unspecified atom stereocenters. The summed E-state index contributed by atoms with van der Waals surface area (Å²) >= 11 is 0. The largest absolute Gasteiger partial charge is 0.506 e. The maximum Gasteiger partial charge on any atom is 0.273 e. The molecule has 1 aromatic heterocycles. The fourth-order valence-corrected chi connectivity index (χ4v) is 1.33. The molecule has 0 saturated carbocycles. The van der Waals surface area contributed by atoms with Gasteiger partial charge < -0.3 is 14.8 Å². The first-order chi connectivity index (χ1) is 8.58. The number of phenolic OH excluding ortho intramolecular Hbond substituents is 1. The topological polar surface area (TPSA) is 106 Å². The third-order valence-corrected chi connectivity index (χ3v) is 2.22. The highest BCUT2D eigenvalue weighted by atomic mass is 16.6.